The Bertz CT molecular complexity index is 110. The Morgan fingerprint density at radius 2 is 1.00 bits per heavy atom. The molecule has 0 amide bonds. The van der Waals surface area contributed by atoms with Crippen molar-refractivity contribution in [2.24, 2.45) is 17.8 Å². The van der Waals surface area contributed by atoms with E-state index in [9.17, 15) is 0 Å². The standard InChI is InChI=1S/C8H18.C7H14.2C2H6/c1-7(2)5-6-8(3)4;1-7-5-3-2-4-6-7;2*1-2/h7-8H,5-6H2,1-4H3;7H,2-6H2,1H3;2*1-2H3. The fraction of sp³-hybridized carbons (Fsp3) is 1.00. The third kappa shape index (κ3) is 27.3. The Kier molecular flexibility index (Phi) is 25.7. The molecule has 1 saturated carbocycles. The maximum absolute atomic E-state index is 2.36. The lowest BCUT2D eigenvalue weighted by Gasteiger charge is -2.15. The van der Waals surface area contributed by atoms with Crippen LogP contribution in [-0.2, 0) is 0 Å². The van der Waals surface area contributed by atoms with Crippen LogP contribution in [0.1, 0.15) is 107 Å². The predicted molar refractivity (Wildman–Crippen MR) is 93.9 cm³/mol. The normalized spacial score (nSPS) is 14.7. The van der Waals surface area contributed by atoms with E-state index in [1.807, 2.05) is 27.7 Å². The third-order valence-electron chi connectivity index (χ3n) is 3.22. The molecular formula is C19H44. The Labute approximate surface area is 125 Å². The lowest BCUT2D eigenvalue weighted by Crippen LogP contribution is -1.99. The average Bonchev–Trinajstić information content (AvgIpc) is 2.43. The number of hydrogen-bond donors (Lipinski definition) is 0. The second-order valence-corrected chi connectivity index (χ2v) is 6.11. The molecule has 0 heterocycles. The van der Waals surface area contributed by atoms with Crippen LogP contribution in [0.3, 0.4) is 0 Å². The maximum Gasteiger partial charge on any atom is -0.0443 e. The molecule has 0 aromatic rings. The first-order chi connectivity index (χ1) is 9.02. The predicted octanol–water partition coefficient (Wildman–Crippen LogP) is 7.72. The highest BCUT2D eigenvalue weighted by Gasteiger charge is 2.05. The molecule has 0 N–H and O–H groups in total. The maximum atomic E-state index is 2.36. The van der Waals surface area contributed by atoms with Gasteiger partial charge in [0.1, 0.15) is 0 Å². The van der Waals surface area contributed by atoms with Gasteiger partial charge in [-0.2, -0.15) is 0 Å². The number of hydrogen-bond acceptors (Lipinski definition) is 0. The van der Waals surface area contributed by atoms with Gasteiger partial charge < -0.3 is 0 Å². The van der Waals surface area contributed by atoms with Crippen LogP contribution in [0.15, 0.2) is 0 Å². The molecule has 1 aliphatic carbocycles. The molecule has 0 unspecified atom stereocenters. The van der Waals surface area contributed by atoms with Gasteiger partial charge in [0, 0.05) is 0 Å². The smallest absolute Gasteiger partial charge is 0.0443 e. The van der Waals surface area contributed by atoms with Crippen LogP contribution in [0, 0.1) is 17.8 Å². The van der Waals surface area contributed by atoms with E-state index in [-0.39, 0.29) is 0 Å². The highest BCUT2D eigenvalue weighted by molar-refractivity contribution is 4.59. The summed E-state index contributed by atoms with van der Waals surface area (Å²) < 4.78 is 0. The van der Waals surface area contributed by atoms with Crippen molar-refractivity contribution in [3.8, 4) is 0 Å². The van der Waals surface area contributed by atoms with E-state index in [0.717, 1.165) is 17.8 Å². The molecular weight excluding hydrogens is 228 g/mol. The van der Waals surface area contributed by atoms with E-state index in [0.29, 0.717) is 0 Å². The molecule has 0 nitrogen and oxygen atoms in total. The van der Waals surface area contributed by atoms with Crippen molar-refractivity contribution < 1.29 is 0 Å². The number of rotatable bonds is 3. The van der Waals surface area contributed by atoms with Crippen LogP contribution in [-0.4, -0.2) is 0 Å². The van der Waals surface area contributed by atoms with Crippen LogP contribution >= 0.6 is 0 Å². The van der Waals surface area contributed by atoms with E-state index in [1.54, 1.807) is 0 Å². The van der Waals surface area contributed by atoms with Crippen molar-refractivity contribution in [2.45, 2.75) is 107 Å². The molecule has 0 aromatic carbocycles. The molecule has 120 valence electrons. The van der Waals surface area contributed by atoms with Gasteiger partial charge in [0.15, 0.2) is 0 Å². The summed E-state index contributed by atoms with van der Waals surface area (Å²) in [5.74, 6) is 2.81. The fourth-order valence-corrected chi connectivity index (χ4v) is 1.97. The Balaban J connectivity index is -0.000000214. The quantitative estimate of drug-likeness (QED) is 0.493. The summed E-state index contributed by atoms with van der Waals surface area (Å²) in [6.45, 7) is 19.5. The highest BCUT2D eigenvalue weighted by atomic mass is 14.1. The van der Waals surface area contributed by atoms with E-state index in [4.69, 9.17) is 0 Å². The summed E-state index contributed by atoms with van der Waals surface area (Å²) >= 11 is 0. The van der Waals surface area contributed by atoms with Gasteiger partial charge in [0.05, 0.1) is 0 Å². The van der Waals surface area contributed by atoms with Gasteiger partial charge in [-0.25, -0.2) is 0 Å². The van der Waals surface area contributed by atoms with E-state index in [1.165, 1.54) is 44.9 Å². The van der Waals surface area contributed by atoms with E-state index in [2.05, 4.69) is 34.6 Å². The molecule has 0 aromatic heterocycles. The van der Waals surface area contributed by atoms with Crippen LogP contribution in [0.5, 0.6) is 0 Å². The van der Waals surface area contributed by atoms with Gasteiger partial charge in [0.25, 0.3) is 0 Å². The molecule has 0 radical (unpaired) electrons. The fourth-order valence-electron chi connectivity index (χ4n) is 1.97. The first kappa shape index (κ1) is 24.0. The summed E-state index contributed by atoms with van der Waals surface area (Å²) in [5.41, 5.74) is 0. The van der Waals surface area contributed by atoms with Gasteiger partial charge in [-0.05, 0) is 17.8 Å². The largest absolute Gasteiger partial charge is 0.0683 e. The summed E-state index contributed by atoms with van der Waals surface area (Å²) in [6.07, 6.45) is 10.2. The highest BCUT2D eigenvalue weighted by Crippen LogP contribution is 2.22. The Hall–Kier alpha value is 0. The summed E-state index contributed by atoms with van der Waals surface area (Å²) in [7, 11) is 0. The molecule has 0 heteroatoms. The molecule has 0 bridgehead atoms. The van der Waals surface area contributed by atoms with Crippen molar-refractivity contribution in [1.29, 1.82) is 0 Å². The van der Waals surface area contributed by atoms with Crippen molar-refractivity contribution in [3.63, 3.8) is 0 Å². The zero-order chi connectivity index (χ0) is 15.7. The van der Waals surface area contributed by atoms with E-state index >= 15 is 0 Å². The van der Waals surface area contributed by atoms with Crippen molar-refractivity contribution >= 4 is 0 Å². The Morgan fingerprint density at radius 1 is 0.684 bits per heavy atom. The van der Waals surface area contributed by atoms with Gasteiger partial charge in [-0.3, -0.25) is 0 Å². The zero-order valence-electron chi connectivity index (χ0n) is 15.7. The molecule has 0 atom stereocenters. The van der Waals surface area contributed by atoms with Crippen molar-refractivity contribution in [2.75, 3.05) is 0 Å². The van der Waals surface area contributed by atoms with Gasteiger partial charge >= 0.3 is 0 Å². The molecule has 0 saturated heterocycles. The zero-order valence-corrected chi connectivity index (χ0v) is 15.7. The monoisotopic (exact) mass is 272 g/mol. The second-order valence-electron chi connectivity index (χ2n) is 6.11. The minimum atomic E-state index is 0.886. The first-order valence-electron chi connectivity index (χ1n) is 9.02. The molecule has 19 heavy (non-hydrogen) atoms. The average molecular weight is 273 g/mol. The van der Waals surface area contributed by atoms with Crippen molar-refractivity contribution in [1.82, 2.24) is 0 Å². The molecule has 1 rings (SSSR count). The summed E-state index contributed by atoms with van der Waals surface area (Å²) in [5, 5.41) is 0. The van der Waals surface area contributed by atoms with Gasteiger partial charge in [-0.15, -0.1) is 0 Å². The molecule has 0 spiro atoms. The van der Waals surface area contributed by atoms with Crippen LogP contribution in [0.4, 0.5) is 0 Å². The summed E-state index contributed by atoms with van der Waals surface area (Å²) in [4.78, 5) is 0. The molecule has 1 fully saturated rings. The van der Waals surface area contributed by atoms with Gasteiger partial charge in [-0.1, -0.05) is 107 Å². The topological polar surface area (TPSA) is 0 Å². The molecule has 1 aliphatic rings. The Morgan fingerprint density at radius 3 is 1.16 bits per heavy atom. The van der Waals surface area contributed by atoms with Crippen molar-refractivity contribution in [3.05, 3.63) is 0 Å². The third-order valence-corrected chi connectivity index (χ3v) is 3.22. The second kappa shape index (κ2) is 20.3. The lowest BCUT2D eigenvalue weighted by molar-refractivity contribution is 0.385. The SMILES string of the molecule is CC.CC.CC(C)CCC(C)C.CC1CCCCC1. The lowest BCUT2D eigenvalue weighted by atomic mass is 9.91. The van der Waals surface area contributed by atoms with Crippen LogP contribution in [0.25, 0.3) is 0 Å². The van der Waals surface area contributed by atoms with Crippen LogP contribution < -0.4 is 0 Å². The molecule has 0 aliphatic heterocycles. The minimum absolute atomic E-state index is 0.886. The first-order valence-corrected chi connectivity index (χ1v) is 9.02. The van der Waals surface area contributed by atoms with Crippen LogP contribution in [0.2, 0.25) is 0 Å². The minimum Gasteiger partial charge on any atom is -0.0683 e. The summed E-state index contributed by atoms with van der Waals surface area (Å²) in [6, 6.07) is 0. The van der Waals surface area contributed by atoms with E-state index < -0.39 is 0 Å². The van der Waals surface area contributed by atoms with Gasteiger partial charge in [0.2, 0.25) is 0 Å².